The summed E-state index contributed by atoms with van der Waals surface area (Å²) < 4.78 is 34.3. The maximum absolute atomic E-state index is 14.1. The van der Waals surface area contributed by atoms with Gasteiger partial charge in [0.1, 0.15) is 18.3 Å². The number of hydrogen-bond acceptors (Lipinski definition) is 5. The van der Waals surface area contributed by atoms with E-state index in [1.165, 1.54) is 24.1 Å². The molecule has 0 unspecified atom stereocenters. The Balaban J connectivity index is 2.10. The van der Waals surface area contributed by atoms with E-state index in [0.29, 0.717) is 17.0 Å². The van der Waals surface area contributed by atoms with Crippen molar-refractivity contribution in [1.82, 2.24) is 10.2 Å². The molecule has 0 aliphatic heterocycles. The summed E-state index contributed by atoms with van der Waals surface area (Å²) in [6.45, 7) is 5.12. The summed E-state index contributed by atoms with van der Waals surface area (Å²) in [6, 6.07) is 20.6. The number of rotatable bonds is 13. The number of hydrogen-bond donors (Lipinski definition) is 1. The van der Waals surface area contributed by atoms with Crippen molar-refractivity contribution in [2.75, 3.05) is 18.0 Å². The molecule has 0 aromatic heterocycles. The molecule has 0 fully saturated rings. The molecule has 8 nitrogen and oxygen atoms in total. The first-order chi connectivity index (χ1) is 19.1. The molecule has 0 saturated heterocycles. The van der Waals surface area contributed by atoms with Crippen molar-refractivity contribution in [3.05, 3.63) is 89.4 Å². The second-order valence-corrected chi connectivity index (χ2v) is 11.6. The van der Waals surface area contributed by atoms with E-state index in [0.717, 1.165) is 10.7 Å². The summed E-state index contributed by atoms with van der Waals surface area (Å²) in [6.07, 6.45) is 1.04. The van der Waals surface area contributed by atoms with E-state index in [9.17, 15) is 18.0 Å². The number of ether oxygens (including phenoxy) is 1. The van der Waals surface area contributed by atoms with Crippen molar-refractivity contribution in [3.8, 4) is 5.75 Å². The molecule has 2 amide bonds. The van der Waals surface area contributed by atoms with Gasteiger partial charge in [-0.1, -0.05) is 74.0 Å². The third-order valence-corrected chi connectivity index (χ3v) is 8.79. The van der Waals surface area contributed by atoms with E-state index in [1.54, 1.807) is 66.7 Å². The zero-order chi connectivity index (χ0) is 29.3. The molecule has 0 aliphatic carbocycles. The summed E-state index contributed by atoms with van der Waals surface area (Å²) in [5.74, 6) is -0.586. The van der Waals surface area contributed by atoms with Crippen molar-refractivity contribution in [3.63, 3.8) is 0 Å². The summed E-state index contributed by atoms with van der Waals surface area (Å²) in [5, 5.41) is 3.40. The highest BCUT2D eigenvalue weighted by Crippen LogP contribution is 2.32. The first-order valence-electron chi connectivity index (χ1n) is 13.2. The highest BCUT2D eigenvalue weighted by atomic mass is 35.5. The van der Waals surface area contributed by atoms with E-state index in [-0.39, 0.29) is 34.8 Å². The third kappa shape index (κ3) is 7.34. The van der Waals surface area contributed by atoms with E-state index in [1.807, 2.05) is 20.8 Å². The molecule has 3 rings (SSSR count). The van der Waals surface area contributed by atoms with Crippen LogP contribution in [0.5, 0.6) is 5.75 Å². The Labute approximate surface area is 241 Å². The maximum Gasteiger partial charge on any atom is 0.264 e. The molecule has 3 aromatic carbocycles. The van der Waals surface area contributed by atoms with Crippen LogP contribution in [0.2, 0.25) is 5.02 Å². The zero-order valence-corrected chi connectivity index (χ0v) is 24.8. The van der Waals surface area contributed by atoms with Crippen LogP contribution in [0.3, 0.4) is 0 Å². The van der Waals surface area contributed by atoms with Gasteiger partial charge >= 0.3 is 0 Å². The fourth-order valence-electron chi connectivity index (χ4n) is 4.24. The number of para-hydroxylation sites is 2. The van der Waals surface area contributed by atoms with Gasteiger partial charge in [0, 0.05) is 17.6 Å². The van der Waals surface area contributed by atoms with Crippen LogP contribution in [0.1, 0.15) is 39.2 Å². The second kappa shape index (κ2) is 14.2. The molecule has 0 spiro atoms. The summed E-state index contributed by atoms with van der Waals surface area (Å²) >= 11 is 6.44. The van der Waals surface area contributed by atoms with Gasteiger partial charge in [0.15, 0.2) is 0 Å². The molecule has 214 valence electrons. The number of carbonyl (C=O) groups excluding carboxylic acids is 2. The van der Waals surface area contributed by atoms with Crippen LogP contribution in [0.4, 0.5) is 5.69 Å². The number of halogens is 1. The smallest absolute Gasteiger partial charge is 0.264 e. The molecule has 0 bridgehead atoms. The molecule has 1 N–H and O–H groups in total. The predicted molar refractivity (Wildman–Crippen MR) is 158 cm³/mol. The van der Waals surface area contributed by atoms with Crippen molar-refractivity contribution < 1.29 is 22.7 Å². The average molecular weight is 586 g/mol. The molecule has 0 aliphatic rings. The lowest BCUT2D eigenvalue weighted by molar-refractivity contribution is -0.140. The van der Waals surface area contributed by atoms with Crippen LogP contribution in [-0.2, 0) is 26.2 Å². The Bertz CT molecular complexity index is 1400. The van der Waals surface area contributed by atoms with Gasteiger partial charge < -0.3 is 15.0 Å². The van der Waals surface area contributed by atoms with Gasteiger partial charge in [0.05, 0.1) is 17.7 Å². The lowest BCUT2D eigenvalue weighted by Crippen LogP contribution is -2.53. The molecular formula is C30H36ClN3O5S. The SMILES string of the molecule is CC[C@H](C(=O)N[C@@H](C)CC)N(Cc1ccccc1Cl)C(=O)CN(c1ccccc1OC)S(=O)(=O)c1ccccc1. The Morgan fingerprint density at radius 3 is 2.17 bits per heavy atom. The number of anilines is 1. The number of nitrogens with zero attached hydrogens (tertiary/aromatic N) is 2. The van der Waals surface area contributed by atoms with Crippen LogP contribution in [0, 0.1) is 0 Å². The highest BCUT2D eigenvalue weighted by molar-refractivity contribution is 7.92. The Hall–Kier alpha value is -3.56. The van der Waals surface area contributed by atoms with Crippen molar-refractivity contribution in [2.24, 2.45) is 0 Å². The van der Waals surface area contributed by atoms with Gasteiger partial charge in [-0.3, -0.25) is 13.9 Å². The van der Waals surface area contributed by atoms with Gasteiger partial charge in [-0.15, -0.1) is 0 Å². The molecule has 2 atom stereocenters. The minimum absolute atomic E-state index is 0.0212. The number of methoxy groups -OCH3 is 1. The quantitative estimate of drug-likeness (QED) is 0.295. The lowest BCUT2D eigenvalue weighted by Gasteiger charge is -2.34. The number of amides is 2. The maximum atomic E-state index is 14.1. The van der Waals surface area contributed by atoms with Crippen LogP contribution < -0.4 is 14.4 Å². The van der Waals surface area contributed by atoms with Gasteiger partial charge in [-0.05, 0) is 55.7 Å². The Morgan fingerprint density at radius 2 is 1.55 bits per heavy atom. The molecule has 0 radical (unpaired) electrons. The highest BCUT2D eigenvalue weighted by Gasteiger charge is 2.35. The normalized spacial score (nSPS) is 12.7. The number of benzene rings is 3. The largest absolute Gasteiger partial charge is 0.495 e. The fraction of sp³-hybridized carbons (Fsp3) is 0.333. The summed E-state index contributed by atoms with van der Waals surface area (Å²) in [4.78, 5) is 28.9. The first-order valence-corrected chi connectivity index (χ1v) is 15.0. The molecule has 0 heterocycles. The minimum atomic E-state index is -4.19. The van der Waals surface area contributed by atoms with Gasteiger partial charge in [0.2, 0.25) is 11.8 Å². The minimum Gasteiger partial charge on any atom is -0.495 e. The molecule has 40 heavy (non-hydrogen) atoms. The van der Waals surface area contributed by atoms with E-state index >= 15 is 0 Å². The standard InChI is InChI=1S/C30H36ClN3O5S/c1-5-22(3)32-30(36)26(6-2)33(20-23-14-10-11-17-25(23)31)29(35)21-34(27-18-12-13-19-28(27)39-4)40(37,38)24-15-8-7-9-16-24/h7-19,22,26H,5-6,20-21H2,1-4H3,(H,32,36)/t22-,26+/m0/s1. The predicted octanol–water partition coefficient (Wildman–Crippen LogP) is 5.27. The average Bonchev–Trinajstić information content (AvgIpc) is 2.96. The Morgan fingerprint density at radius 1 is 0.925 bits per heavy atom. The van der Waals surface area contributed by atoms with Crippen LogP contribution in [-0.4, -0.2) is 50.9 Å². The van der Waals surface area contributed by atoms with E-state index in [4.69, 9.17) is 16.3 Å². The van der Waals surface area contributed by atoms with Crippen LogP contribution in [0.25, 0.3) is 0 Å². The molecule has 10 heteroatoms. The summed E-state index contributed by atoms with van der Waals surface area (Å²) in [5.41, 5.74) is 0.846. The number of carbonyl (C=O) groups is 2. The number of nitrogens with one attached hydrogen (secondary N) is 1. The Kier molecular flexibility index (Phi) is 11.0. The second-order valence-electron chi connectivity index (χ2n) is 9.35. The van der Waals surface area contributed by atoms with Crippen LogP contribution >= 0.6 is 11.6 Å². The topological polar surface area (TPSA) is 96.0 Å². The third-order valence-electron chi connectivity index (χ3n) is 6.65. The van der Waals surface area contributed by atoms with Gasteiger partial charge in [-0.2, -0.15) is 0 Å². The monoisotopic (exact) mass is 585 g/mol. The number of sulfonamides is 1. The van der Waals surface area contributed by atoms with E-state index < -0.39 is 28.5 Å². The summed E-state index contributed by atoms with van der Waals surface area (Å²) in [7, 11) is -2.76. The van der Waals surface area contributed by atoms with Gasteiger partial charge in [-0.25, -0.2) is 8.42 Å². The first kappa shape index (κ1) is 31.0. The lowest BCUT2D eigenvalue weighted by atomic mass is 10.1. The van der Waals surface area contributed by atoms with Crippen LogP contribution in [0.15, 0.2) is 83.8 Å². The molecular weight excluding hydrogens is 550 g/mol. The molecule has 0 saturated carbocycles. The zero-order valence-electron chi connectivity index (χ0n) is 23.2. The fourth-order valence-corrected chi connectivity index (χ4v) is 5.88. The van der Waals surface area contributed by atoms with Gasteiger partial charge in [0.25, 0.3) is 10.0 Å². The van der Waals surface area contributed by atoms with Crippen molar-refractivity contribution in [1.29, 1.82) is 0 Å². The van der Waals surface area contributed by atoms with Crippen molar-refractivity contribution in [2.45, 2.75) is 57.1 Å². The van der Waals surface area contributed by atoms with E-state index in [2.05, 4.69) is 5.32 Å². The molecule has 3 aromatic rings. The van der Waals surface area contributed by atoms with Crippen molar-refractivity contribution >= 4 is 39.1 Å².